The topological polar surface area (TPSA) is 61.5 Å². The summed E-state index contributed by atoms with van der Waals surface area (Å²) in [4.78, 5) is 11.9. The molecule has 0 radical (unpaired) electrons. The average molecular weight is 263 g/mol. The van der Waals surface area contributed by atoms with Gasteiger partial charge in [0, 0.05) is 5.69 Å². The van der Waals surface area contributed by atoms with E-state index in [1.165, 1.54) is 25.7 Å². The Hall–Kier alpha value is -1.71. The van der Waals surface area contributed by atoms with E-state index in [4.69, 9.17) is 15.2 Å². The van der Waals surface area contributed by atoms with E-state index in [0.717, 1.165) is 0 Å². The van der Waals surface area contributed by atoms with Crippen LogP contribution in [0.3, 0.4) is 0 Å². The SMILES string of the molecule is CCOC(=O)c1cc(N)ccc1OCC1CCCC1. The van der Waals surface area contributed by atoms with Gasteiger partial charge in [-0.25, -0.2) is 4.79 Å². The summed E-state index contributed by atoms with van der Waals surface area (Å²) >= 11 is 0. The number of benzene rings is 1. The Morgan fingerprint density at radius 2 is 2.11 bits per heavy atom. The lowest BCUT2D eigenvalue weighted by Gasteiger charge is -2.14. The van der Waals surface area contributed by atoms with E-state index in [9.17, 15) is 4.79 Å². The van der Waals surface area contributed by atoms with Gasteiger partial charge in [0.15, 0.2) is 0 Å². The Labute approximate surface area is 113 Å². The van der Waals surface area contributed by atoms with Crippen LogP contribution in [0, 0.1) is 5.92 Å². The summed E-state index contributed by atoms with van der Waals surface area (Å²) < 4.78 is 10.8. The summed E-state index contributed by atoms with van der Waals surface area (Å²) in [6.07, 6.45) is 4.98. The molecule has 2 rings (SSSR count). The van der Waals surface area contributed by atoms with Gasteiger partial charge in [-0.2, -0.15) is 0 Å². The minimum absolute atomic E-state index is 0.343. The lowest BCUT2D eigenvalue weighted by atomic mass is 10.1. The van der Waals surface area contributed by atoms with Crippen molar-refractivity contribution in [1.82, 2.24) is 0 Å². The molecule has 4 heteroatoms. The molecule has 0 saturated heterocycles. The molecule has 4 nitrogen and oxygen atoms in total. The molecule has 0 bridgehead atoms. The van der Waals surface area contributed by atoms with Crippen molar-refractivity contribution in [3.8, 4) is 5.75 Å². The fraction of sp³-hybridized carbons (Fsp3) is 0.533. The standard InChI is InChI=1S/C15H21NO3/c1-2-18-15(17)13-9-12(16)7-8-14(13)19-10-11-5-3-4-6-11/h7-9,11H,2-6,10,16H2,1H3. The Morgan fingerprint density at radius 1 is 1.37 bits per heavy atom. The van der Waals surface area contributed by atoms with Gasteiger partial charge < -0.3 is 15.2 Å². The fourth-order valence-corrected chi connectivity index (χ4v) is 2.43. The zero-order chi connectivity index (χ0) is 13.7. The smallest absolute Gasteiger partial charge is 0.341 e. The molecule has 1 fully saturated rings. The van der Waals surface area contributed by atoms with E-state index in [1.54, 1.807) is 25.1 Å². The quantitative estimate of drug-likeness (QED) is 0.655. The minimum atomic E-state index is -0.378. The summed E-state index contributed by atoms with van der Waals surface area (Å²) in [5, 5.41) is 0. The first-order valence-corrected chi connectivity index (χ1v) is 6.90. The number of carbonyl (C=O) groups excluding carboxylic acids is 1. The average Bonchev–Trinajstić information content (AvgIpc) is 2.90. The molecule has 0 spiro atoms. The normalized spacial score (nSPS) is 15.4. The van der Waals surface area contributed by atoms with Crippen LogP contribution in [-0.2, 0) is 4.74 Å². The van der Waals surface area contributed by atoms with Crippen LogP contribution in [0.15, 0.2) is 18.2 Å². The first-order chi connectivity index (χ1) is 9.20. The molecule has 0 atom stereocenters. The molecular weight excluding hydrogens is 242 g/mol. The van der Waals surface area contributed by atoms with Crippen molar-refractivity contribution in [2.24, 2.45) is 5.92 Å². The number of carbonyl (C=O) groups is 1. The molecule has 0 aromatic heterocycles. The van der Waals surface area contributed by atoms with Gasteiger partial charge >= 0.3 is 5.97 Å². The number of hydrogen-bond acceptors (Lipinski definition) is 4. The van der Waals surface area contributed by atoms with E-state index in [-0.39, 0.29) is 5.97 Å². The Balaban J connectivity index is 2.07. The lowest BCUT2D eigenvalue weighted by molar-refractivity contribution is 0.0521. The highest BCUT2D eigenvalue weighted by Gasteiger charge is 2.18. The molecule has 1 aromatic carbocycles. The molecule has 0 amide bonds. The maximum Gasteiger partial charge on any atom is 0.341 e. The molecular formula is C15H21NO3. The number of anilines is 1. The molecule has 19 heavy (non-hydrogen) atoms. The first kappa shape index (κ1) is 13.7. The van der Waals surface area contributed by atoms with Gasteiger partial charge in [0.1, 0.15) is 11.3 Å². The van der Waals surface area contributed by atoms with Crippen LogP contribution in [0.25, 0.3) is 0 Å². The molecule has 0 unspecified atom stereocenters. The van der Waals surface area contributed by atoms with Crippen molar-refractivity contribution in [3.05, 3.63) is 23.8 Å². The van der Waals surface area contributed by atoms with Gasteiger partial charge in [-0.15, -0.1) is 0 Å². The highest BCUT2D eigenvalue weighted by molar-refractivity contribution is 5.93. The van der Waals surface area contributed by atoms with Crippen molar-refractivity contribution in [2.75, 3.05) is 18.9 Å². The summed E-state index contributed by atoms with van der Waals surface area (Å²) in [5.74, 6) is 0.795. The zero-order valence-electron chi connectivity index (χ0n) is 11.4. The number of rotatable bonds is 5. The summed E-state index contributed by atoms with van der Waals surface area (Å²) in [5.41, 5.74) is 6.67. The third-order valence-electron chi connectivity index (χ3n) is 3.45. The van der Waals surface area contributed by atoms with Crippen molar-refractivity contribution in [1.29, 1.82) is 0 Å². The predicted molar refractivity (Wildman–Crippen MR) is 74.3 cm³/mol. The van der Waals surface area contributed by atoms with Gasteiger partial charge in [-0.1, -0.05) is 12.8 Å². The lowest BCUT2D eigenvalue weighted by Crippen LogP contribution is -2.12. The third kappa shape index (κ3) is 3.63. The van der Waals surface area contributed by atoms with Gasteiger partial charge in [-0.05, 0) is 43.9 Å². The zero-order valence-corrected chi connectivity index (χ0v) is 11.4. The molecule has 1 aliphatic rings. The largest absolute Gasteiger partial charge is 0.492 e. The Morgan fingerprint density at radius 3 is 2.79 bits per heavy atom. The Bertz CT molecular complexity index is 439. The summed E-state index contributed by atoms with van der Waals surface area (Å²) in [6, 6.07) is 5.10. The second-order valence-corrected chi connectivity index (χ2v) is 4.94. The number of ether oxygens (including phenoxy) is 2. The van der Waals surface area contributed by atoms with Gasteiger partial charge in [0.2, 0.25) is 0 Å². The van der Waals surface area contributed by atoms with Crippen molar-refractivity contribution in [3.63, 3.8) is 0 Å². The highest BCUT2D eigenvalue weighted by atomic mass is 16.5. The van der Waals surface area contributed by atoms with E-state index in [0.29, 0.717) is 36.1 Å². The molecule has 1 aliphatic carbocycles. The van der Waals surface area contributed by atoms with Gasteiger partial charge in [0.25, 0.3) is 0 Å². The number of esters is 1. The maximum absolute atomic E-state index is 11.9. The molecule has 104 valence electrons. The van der Waals surface area contributed by atoms with E-state index < -0.39 is 0 Å². The molecule has 1 saturated carbocycles. The summed E-state index contributed by atoms with van der Waals surface area (Å²) in [6.45, 7) is 2.79. The second kappa shape index (κ2) is 6.45. The minimum Gasteiger partial charge on any atom is -0.492 e. The fourth-order valence-electron chi connectivity index (χ4n) is 2.43. The monoisotopic (exact) mass is 263 g/mol. The maximum atomic E-state index is 11.9. The third-order valence-corrected chi connectivity index (χ3v) is 3.45. The van der Waals surface area contributed by atoms with Crippen LogP contribution >= 0.6 is 0 Å². The number of nitrogens with two attached hydrogens (primary N) is 1. The van der Waals surface area contributed by atoms with Crippen LogP contribution in [-0.4, -0.2) is 19.2 Å². The van der Waals surface area contributed by atoms with Gasteiger partial charge in [-0.3, -0.25) is 0 Å². The Kier molecular flexibility index (Phi) is 4.66. The molecule has 2 N–H and O–H groups in total. The number of nitrogen functional groups attached to an aromatic ring is 1. The summed E-state index contributed by atoms with van der Waals surface area (Å²) in [7, 11) is 0. The van der Waals surface area contributed by atoms with Crippen LogP contribution < -0.4 is 10.5 Å². The second-order valence-electron chi connectivity index (χ2n) is 4.94. The van der Waals surface area contributed by atoms with Crippen LogP contribution in [0.4, 0.5) is 5.69 Å². The van der Waals surface area contributed by atoms with E-state index in [1.807, 2.05) is 0 Å². The highest BCUT2D eigenvalue weighted by Crippen LogP contribution is 2.28. The predicted octanol–water partition coefficient (Wildman–Crippen LogP) is 3.01. The molecule has 0 aliphatic heterocycles. The first-order valence-electron chi connectivity index (χ1n) is 6.90. The van der Waals surface area contributed by atoms with Crippen molar-refractivity contribution >= 4 is 11.7 Å². The number of hydrogen-bond donors (Lipinski definition) is 1. The van der Waals surface area contributed by atoms with E-state index in [2.05, 4.69) is 0 Å². The van der Waals surface area contributed by atoms with Gasteiger partial charge in [0.05, 0.1) is 13.2 Å². The van der Waals surface area contributed by atoms with Crippen LogP contribution in [0.1, 0.15) is 43.0 Å². The molecule has 1 aromatic rings. The van der Waals surface area contributed by atoms with Crippen LogP contribution in [0.2, 0.25) is 0 Å². The van der Waals surface area contributed by atoms with Crippen molar-refractivity contribution < 1.29 is 14.3 Å². The molecule has 0 heterocycles. The van der Waals surface area contributed by atoms with Crippen molar-refractivity contribution in [2.45, 2.75) is 32.6 Å². The van der Waals surface area contributed by atoms with E-state index >= 15 is 0 Å². The van der Waals surface area contributed by atoms with Crippen LogP contribution in [0.5, 0.6) is 5.75 Å².